The minimum atomic E-state index is -0.483. The summed E-state index contributed by atoms with van der Waals surface area (Å²) >= 11 is 5.95. The van der Waals surface area contributed by atoms with Crippen molar-refractivity contribution in [1.29, 1.82) is 5.26 Å². The third-order valence-electron chi connectivity index (χ3n) is 3.58. The van der Waals surface area contributed by atoms with Crippen LogP contribution in [0.25, 0.3) is 11.4 Å². The Morgan fingerprint density at radius 2 is 2.17 bits per heavy atom. The van der Waals surface area contributed by atoms with Crippen LogP contribution in [0, 0.1) is 25.2 Å². The molecule has 0 N–H and O–H groups in total. The lowest BCUT2D eigenvalue weighted by atomic mass is 10.1. The maximum atomic E-state index is 12.3. The highest BCUT2D eigenvalue weighted by atomic mass is 35.5. The number of halogens is 1. The van der Waals surface area contributed by atoms with Crippen LogP contribution in [-0.2, 0) is 6.54 Å². The molecule has 0 saturated heterocycles. The minimum absolute atomic E-state index is 0.0117. The zero-order valence-electron chi connectivity index (χ0n) is 12.9. The highest BCUT2D eigenvalue weighted by Gasteiger charge is 2.15. The molecule has 7 nitrogen and oxygen atoms in total. The molecule has 0 unspecified atom stereocenters. The zero-order chi connectivity index (χ0) is 17.3. The molecule has 3 aromatic rings. The maximum absolute atomic E-state index is 12.3. The van der Waals surface area contributed by atoms with Crippen LogP contribution in [0.1, 0.15) is 22.7 Å². The van der Waals surface area contributed by atoms with Gasteiger partial charge in [-0.2, -0.15) is 15.3 Å². The van der Waals surface area contributed by atoms with Gasteiger partial charge in [-0.1, -0.05) is 28.9 Å². The molecule has 2 aromatic heterocycles. The predicted octanol–water partition coefficient (Wildman–Crippen LogP) is 2.48. The van der Waals surface area contributed by atoms with E-state index >= 15 is 0 Å². The van der Waals surface area contributed by atoms with Crippen molar-refractivity contribution in [3.63, 3.8) is 0 Å². The highest BCUT2D eigenvalue weighted by Crippen LogP contribution is 2.20. The lowest BCUT2D eigenvalue weighted by Crippen LogP contribution is -2.28. The Morgan fingerprint density at radius 3 is 2.88 bits per heavy atom. The maximum Gasteiger partial charge on any atom is 0.285 e. The molecule has 1 aromatic carbocycles. The van der Waals surface area contributed by atoms with E-state index in [9.17, 15) is 4.79 Å². The molecule has 0 amide bonds. The molecule has 0 atom stereocenters. The Morgan fingerprint density at radius 1 is 1.38 bits per heavy atom. The fourth-order valence-electron chi connectivity index (χ4n) is 2.20. The van der Waals surface area contributed by atoms with Gasteiger partial charge in [0.2, 0.25) is 11.7 Å². The first kappa shape index (κ1) is 15.9. The molecule has 0 aliphatic heterocycles. The quantitative estimate of drug-likeness (QED) is 0.725. The first-order valence-electron chi connectivity index (χ1n) is 7.06. The summed E-state index contributed by atoms with van der Waals surface area (Å²) in [5.41, 5.74) is 1.46. The second-order valence-electron chi connectivity index (χ2n) is 5.18. The van der Waals surface area contributed by atoms with Crippen molar-refractivity contribution in [2.75, 3.05) is 0 Å². The Balaban J connectivity index is 1.95. The van der Waals surface area contributed by atoms with Crippen molar-refractivity contribution in [1.82, 2.24) is 19.9 Å². The summed E-state index contributed by atoms with van der Waals surface area (Å²) in [5.74, 6) is 0.580. The summed E-state index contributed by atoms with van der Waals surface area (Å²) < 4.78 is 6.32. The molecule has 2 heterocycles. The van der Waals surface area contributed by atoms with Gasteiger partial charge in [0.25, 0.3) is 5.56 Å². The van der Waals surface area contributed by atoms with Gasteiger partial charge in [0.05, 0.1) is 5.69 Å². The Labute approximate surface area is 142 Å². The van der Waals surface area contributed by atoms with E-state index in [1.54, 1.807) is 38.1 Å². The third-order valence-corrected chi connectivity index (χ3v) is 3.82. The van der Waals surface area contributed by atoms with Crippen molar-refractivity contribution >= 4 is 11.6 Å². The largest absolute Gasteiger partial charge is 0.337 e. The number of nitriles is 1. The van der Waals surface area contributed by atoms with Crippen molar-refractivity contribution in [3.05, 3.63) is 62.4 Å². The van der Waals surface area contributed by atoms with Gasteiger partial charge in [-0.05, 0) is 31.5 Å². The van der Waals surface area contributed by atoms with Crippen LogP contribution in [0.3, 0.4) is 0 Å². The predicted molar refractivity (Wildman–Crippen MR) is 86.5 cm³/mol. The molecule has 0 spiro atoms. The SMILES string of the molecule is Cc1nn(Cc2nc(-c3cccc(Cl)c3)no2)c(=O)c(C#N)c1C. The van der Waals surface area contributed by atoms with Crippen molar-refractivity contribution in [3.8, 4) is 17.5 Å². The minimum Gasteiger partial charge on any atom is -0.337 e. The van der Waals surface area contributed by atoms with Crippen LogP contribution in [0.5, 0.6) is 0 Å². The molecular formula is C16H12ClN5O2. The van der Waals surface area contributed by atoms with E-state index in [0.29, 0.717) is 27.7 Å². The first-order valence-corrected chi connectivity index (χ1v) is 7.44. The van der Waals surface area contributed by atoms with Crippen LogP contribution >= 0.6 is 11.6 Å². The summed E-state index contributed by atoms with van der Waals surface area (Å²) in [6, 6.07) is 8.95. The Bertz CT molecular complexity index is 1020. The summed E-state index contributed by atoms with van der Waals surface area (Å²) in [5, 5.41) is 17.8. The van der Waals surface area contributed by atoms with E-state index in [2.05, 4.69) is 15.2 Å². The van der Waals surface area contributed by atoms with Crippen LogP contribution < -0.4 is 5.56 Å². The lowest BCUT2D eigenvalue weighted by molar-refractivity contribution is 0.362. The Hall–Kier alpha value is -2.98. The van der Waals surface area contributed by atoms with Gasteiger partial charge < -0.3 is 4.52 Å². The van der Waals surface area contributed by atoms with E-state index in [0.717, 1.165) is 4.68 Å². The molecule has 3 rings (SSSR count). The van der Waals surface area contributed by atoms with Crippen molar-refractivity contribution in [2.45, 2.75) is 20.4 Å². The second kappa shape index (κ2) is 6.26. The fraction of sp³-hybridized carbons (Fsp3) is 0.188. The van der Waals surface area contributed by atoms with Crippen LogP contribution in [-0.4, -0.2) is 19.9 Å². The summed E-state index contributed by atoms with van der Waals surface area (Å²) in [4.78, 5) is 16.5. The fourth-order valence-corrected chi connectivity index (χ4v) is 2.39. The third kappa shape index (κ3) is 2.92. The molecule has 0 aliphatic carbocycles. The van der Waals surface area contributed by atoms with E-state index in [4.69, 9.17) is 21.4 Å². The summed E-state index contributed by atoms with van der Waals surface area (Å²) in [7, 11) is 0. The van der Waals surface area contributed by atoms with Gasteiger partial charge in [-0.15, -0.1) is 0 Å². The normalized spacial score (nSPS) is 10.6. The van der Waals surface area contributed by atoms with Gasteiger partial charge in [0.1, 0.15) is 18.2 Å². The molecule has 24 heavy (non-hydrogen) atoms. The van der Waals surface area contributed by atoms with Gasteiger partial charge in [-0.25, -0.2) is 4.68 Å². The van der Waals surface area contributed by atoms with E-state index in [1.165, 1.54) is 0 Å². The smallest absolute Gasteiger partial charge is 0.285 e. The lowest BCUT2D eigenvalue weighted by Gasteiger charge is -2.06. The number of hydrogen-bond acceptors (Lipinski definition) is 6. The molecular weight excluding hydrogens is 330 g/mol. The van der Waals surface area contributed by atoms with Crippen LogP contribution in [0.15, 0.2) is 33.6 Å². The summed E-state index contributed by atoms with van der Waals surface area (Å²) in [6.45, 7) is 3.41. The van der Waals surface area contributed by atoms with Gasteiger partial charge in [-0.3, -0.25) is 4.79 Å². The zero-order valence-corrected chi connectivity index (χ0v) is 13.7. The molecule has 120 valence electrons. The van der Waals surface area contributed by atoms with Crippen molar-refractivity contribution in [2.24, 2.45) is 0 Å². The Kier molecular flexibility index (Phi) is 4.15. The average Bonchev–Trinajstić information content (AvgIpc) is 3.02. The molecule has 0 fully saturated rings. The number of hydrogen-bond donors (Lipinski definition) is 0. The van der Waals surface area contributed by atoms with Gasteiger partial charge in [0.15, 0.2) is 0 Å². The molecule has 0 radical (unpaired) electrons. The topological polar surface area (TPSA) is 97.6 Å². The van der Waals surface area contributed by atoms with Crippen molar-refractivity contribution < 1.29 is 4.52 Å². The monoisotopic (exact) mass is 341 g/mol. The standard InChI is InChI=1S/C16H12ClN5O2/c1-9-10(2)20-22(16(23)13(9)7-18)8-14-19-15(21-24-14)11-4-3-5-12(17)6-11/h3-6H,8H2,1-2H3. The van der Waals surface area contributed by atoms with E-state index in [-0.39, 0.29) is 18.0 Å². The highest BCUT2D eigenvalue weighted by molar-refractivity contribution is 6.30. The molecule has 0 bridgehead atoms. The van der Waals surface area contributed by atoms with E-state index in [1.807, 2.05) is 6.07 Å². The number of aromatic nitrogens is 4. The number of nitrogens with zero attached hydrogens (tertiary/aromatic N) is 5. The number of aryl methyl sites for hydroxylation is 1. The number of benzene rings is 1. The van der Waals surface area contributed by atoms with E-state index < -0.39 is 5.56 Å². The molecule has 0 aliphatic rings. The summed E-state index contributed by atoms with van der Waals surface area (Å²) in [6.07, 6.45) is 0. The van der Waals surface area contributed by atoms with Gasteiger partial charge >= 0.3 is 0 Å². The molecule has 8 heteroatoms. The average molecular weight is 342 g/mol. The first-order chi connectivity index (χ1) is 11.5. The molecule has 0 saturated carbocycles. The van der Waals surface area contributed by atoms with Crippen LogP contribution in [0.2, 0.25) is 5.02 Å². The second-order valence-corrected chi connectivity index (χ2v) is 5.62. The van der Waals surface area contributed by atoms with Gasteiger partial charge in [0, 0.05) is 10.6 Å². The number of rotatable bonds is 3. The van der Waals surface area contributed by atoms with Crippen LogP contribution in [0.4, 0.5) is 0 Å².